The molecule has 1 nitrogen and oxygen atoms in total. The Balaban J connectivity index is 3.22. The summed E-state index contributed by atoms with van der Waals surface area (Å²) in [6.07, 6.45) is 2.56. The van der Waals surface area contributed by atoms with Gasteiger partial charge in [0.15, 0.2) is 0 Å². The lowest BCUT2D eigenvalue weighted by atomic mass is 10.2. The molecule has 0 aliphatic carbocycles. The highest BCUT2D eigenvalue weighted by molar-refractivity contribution is 4.43. The lowest BCUT2D eigenvalue weighted by Crippen LogP contribution is -2.93. The molecule has 0 rings (SSSR count). The monoisotopic (exact) mass is 130 g/mol. The molecule has 0 radical (unpaired) electrons. The van der Waals surface area contributed by atoms with Crippen molar-refractivity contribution in [3.8, 4) is 0 Å². The molecule has 0 saturated carbocycles. The zero-order valence-electron chi connectivity index (χ0n) is 7.15. The summed E-state index contributed by atoms with van der Waals surface area (Å²) in [7, 11) is 0. The second-order valence-electron chi connectivity index (χ2n) is 2.96. The highest BCUT2D eigenvalue weighted by atomic mass is 14.9. The summed E-state index contributed by atoms with van der Waals surface area (Å²) in [5.74, 6) is 0. The lowest BCUT2D eigenvalue weighted by Gasteiger charge is -2.12. The van der Waals surface area contributed by atoms with Crippen LogP contribution in [0.1, 0.15) is 40.5 Å². The zero-order valence-corrected chi connectivity index (χ0v) is 7.15. The summed E-state index contributed by atoms with van der Waals surface area (Å²) >= 11 is 0. The number of hydrogen-bond donors (Lipinski definition) is 1. The maximum absolute atomic E-state index is 2.44. The maximum atomic E-state index is 2.44. The summed E-state index contributed by atoms with van der Waals surface area (Å²) in [5.41, 5.74) is 0. The topological polar surface area (TPSA) is 16.6 Å². The van der Waals surface area contributed by atoms with Crippen LogP contribution in [0.25, 0.3) is 0 Å². The highest BCUT2D eigenvalue weighted by Crippen LogP contribution is 1.84. The number of nitrogens with two attached hydrogens (primary N) is 1. The molecule has 2 N–H and O–H groups in total. The minimum Gasteiger partial charge on any atom is -0.342 e. The summed E-state index contributed by atoms with van der Waals surface area (Å²) in [6, 6.07) is 1.61. The van der Waals surface area contributed by atoms with Crippen LogP contribution in [0.3, 0.4) is 0 Å². The fourth-order valence-electron chi connectivity index (χ4n) is 0.833. The van der Waals surface area contributed by atoms with E-state index in [1.165, 1.54) is 12.8 Å². The van der Waals surface area contributed by atoms with Gasteiger partial charge in [-0.15, -0.1) is 0 Å². The van der Waals surface area contributed by atoms with Gasteiger partial charge in [0, 0.05) is 0 Å². The van der Waals surface area contributed by atoms with Crippen molar-refractivity contribution >= 4 is 0 Å². The van der Waals surface area contributed by atoms with Crippen molar-refractivity contribution in [1.29, 1.82) is 0 Å². The fourth-order valence-corrected chi connectivity index (χ4v) is 0.833. The summed E-state index contributed by atoms with van der Waals surface area (Å²) < 4.78 is 0. The minimum absolute atomic E-state index is 0.806. The first kappa shape index (κ1) is 8.96. The van der Waals surface area contributed by atoms with Crippen molar-refractivity contribution in [2.24, 2.45) is 0 Å². The van der Waals surface area contributed by atoms with E-state index in [1.807, 2.05) is 0 Å². The molecule has 1 heteroatoms. The molecule has 0 unspecified atom stereocenters. The van der Waals surface area contributed by atoms with Crippen molar-refractivity contribution in [3.63, 3.8) is 0 Å². The van der Waals surface area contributed by atoms with E-state index < -0.39 is 0 Å². The first-order valence-corrected chi connectivity index (χ1v) is 4.05. The smallest absolute Gasteiger partial charge is 0.0829 e. The van der Waals surface area contributed by atoms with Crippen molar-refractivity contribution in [1.82, 2.24) is 0 Å². The van der Waals surface area contributed by atoms with Gasteiger partial charge in [-0.1, -0.05) is 13.8 Å². The molecule has 0 aromatic rings. The van der Waals surface area contributed by atoms with Crippen LogP contribution in [-0.4, -0.2) is 12.1 Å². The second kappa shape index (κ2) is 4.80. The van der Waals surface area contributed by atoms with E-state index in [4.69, 9.17) is 0 Å². The van der Waals surface area contributed by atoms with Gasteiger partial charge in [0.1, 0.15) is 0 Å². The van der Waals surface area contributed by atoms with Gasteiger partial charge in [-0.25, -0.2) is 0 Å². The van der Waals surface area contributed by atoms with Crippen LogP contribution in [0, 0.1) is 0 Å². The molecule has 0 aromatic heterocycles. The van der Waals surface area contributed by atoms with Crippen LogP contribution in [0.5, 0.6) is 0 Å². The SMILES string of the molecule is CC[C@H](C)[NH2+][C@@H](C)CC. The normalized spacial score (nSPS) is 17.3. The predicted molar refractivity (Wildman–Crippen MR) is 41.4 cm³/mol. The van der Waals surface area contributed by atoms with Gasteiger partial charge < -0.3 is 5.32 Å². The fraction of sp³-hybridized carbons (Fsp3) is 1.00. The zero-order chi connectivity index (χ0) is 7.28. The van der Waals surface area contributed by atoms with E-state index in [2.05, 4.69) is 33.0 Å². The molecule has 0 spiro atoms. The molecule has 9 heavy (non-hydrogen) atoms. The quantitative estimate of drug-likeness (QED) is 0.588. The van der Waals surface area contributed by atoms with Crippen LogP contribution in [0.4, 0.5) is 0 Å². The highest BCUT2D eigenvalue weighted by Gasteiger charge is 2.05. The Morgan fingerprint density at radius 1 is 1.00 bits per heavy atom. The van der Waals surface area contributed by atoms with Gasteiger partial charge in [0.05, 0.1) is 12.1 Å². The van der Waals surface area contributed by atoms with Crippen LogP contribution < -0.4 is 5.32 Å². The molecule has 0 bridgehead atoms. The standard InChI is InChI=1S/C8H19N/c1-5-7(3)9-8(4)6-2/h7-9H,5-6H2,1-4H3/p+1/t7-,8-/m0/s1. The van der Waals surface area contributed by atoms with Crippen LogP contribution >= 0.6 is 0 Å². The molecule has 0 heterocycles. The first-order valence-electron chi connectivity index (χ1n) is 4.05. The average molecular weight is 130 g/mol. The Morgan fingerprint density at radius 2 is 1.33 bits per heavy atom. The summed E-state index contributed by atoms with van der Waals surface area (Å²) in [4.78, 5) is 0. The molecule has 2 atom stereocenters. The van der Waals surface area contributed by atoms with E-state index in [0.29, 0.717) is 0 Å². The van der Waals surface area contributed by atoms with E-state index >= 15 is 0 Å². The molecule has 56 valence electrons. The number of hydrogen-bond acceptors (Lipinski definition) is 0. The van der Waals surface area contributed by atoms with Crippen molar-refractivity contribution < 1.29 is 5.32 Å². The Bertz CT molecular complexity index is 53.6. The molecule has 0 aliphatic rings. The molecule has 0 fully saturated rings. The summed E-state index contributed by atoms with van der Waals surface area (Å²) in [6.45, 7) is 9.05. The van der Waals surface area contributed by atoms with Gasteiger partial charge in [0.2, 0.25) is 0 Å². The second-order valence-corrected chi connectivity index (χ2v) is 2.96. The van der Waals surface area contributed by atoms with E-state index in [1.54, 1.807) is 0 Å². The van der Waals surface area contributed by atoms with Gasteiger partial charge in [0.25, 0.3) is 0 Å². The Labute approximate surface area is 58.8 Å². The summed E-state index contributed by atoms with van der Waals surface area (Å²) in [5, 5.41) is 2.44. The van der Waals surface area contributed by atoms with Crippen LogP contribution in [0.15, 0.2) is 0 Å². The molecular weight excluding hydrogens is 110 g/mol. The van der Waals surface area contributed by atoms with Crippen molar-refractivity contribution in [2.75, 3.05) is 0 Å². The Hall–Kier alpha value is -0.0400. The number of rotatable bonds is 4. The maximum Gasteiger partial charge on any atom is 0.0829 e. The molecule has 0 amide bonds. The average Bonchev–Trinajstić information content (AvgIpc) is 1.87. The third-order valence-corrected chi connectivity index (χ3v) is 1.94. The predicted octanol–water partition coefficient (Wildman–Crippen LogP) is 1.15. The Morgan fingerprint density at radius 3 is 1.56 bits per heavy atom. The van der Waals surface area contributed by atoms with Gasteiger partial charge >= 0.3 is 0 Å². The molecular formula is C8H20N+. The van der Waals surface area contributed by atoms with Crippen LogP contribution in [0.2, 0.25) is 0 Å². The largest absolute Gasteiger partial charge is 0.342 e. The minimum atomic E-state index is 0.806. The van der Waals surface area contributed by atoms with Crippen molar-refractivity contribution in [2.45, 2.75) is 52.6 Å². The van der Waals surface area contributed by atoms with Gasteiger partial charge in [-0.3, -0.25) is 0 Å². The molecule has 0 aromatic carbocycles. The Kier molecular flexibility index (Phi) is 4.78. The first-order chi connectivity index (χ1) is 4.20. The third kappa shape index (κ3) is 4.46. The van der Waals surface area contributed by atoms with Gasteiger partial charge in [-0.2, -0.15) is 0 Å². The van der Waals surface area contributed by atoms with Crippen molar-refractivity contribution in [3.05, 3.63) is 0 Å². The third-order valence-electron chi connectivity index (χ3n) is 1.94. The lowest BCUT2D eigenvalue weighted by molar-refractivity contribution is -0.715. The van der Waals surface area contributed by atoms with E-state index in [9.17, 15) is 0 Å². The van der Waals surface area contributed by atoms with E-state index in [0.717, 1.165) is 12.1 Å². The van der Waals surface area contributed by atoms with E-state index in [-0.39, 0.29) is 0 Å². The van der Waals surface area contributed by atoms with Gasteiger partial charge in [-0.05, 0) is 26.7 Å². The molecule has 0 saturated heterocycles. The number of quaternary nitrogens is 1. The van der Waals surface area contributed by atoms with Crippen LogP contribution in [-0.2, 0) is 0 Å². The molecule has 0 aliphatic heterocycles.